The van der Waals surface area contributed by atoms with Crippen molar-refractivity contribution in [2.75, 3.05) is 40.5 Å². The third-order valence-corrected chi connectivity index (χ3v) is 3.51. The van der Waals surface area contributed by atoms with Crippen LogP contribution in [0.1, 0.15) is 6.42 Å². The summed E-state index contributed by atoms with van der Waals surface area (Å²) in [5, 5.41) is 0. The highest BCUT2D eigenvalue weighted by molar-refractivity contribution is 6.06. The SMILES string of the molecule is COC(=O)C1(C(=O)C2CCN(C)C2)COC1. The van der Waals surface area contributed by atoms with E-state index in [2.05, 4.69) is 4.90 Å². The molecule has 0 bridgehead atoms. The molecule has 2 rings (SSSR count). The van der Waals surface area contributed by atoms with E-state index in [1.165, 1.54) is 7.11 Å². The van der Waals surface area contributed by atoms with Gasteiger partial charge in [0.1, 0.15) is 0 Å². The average Bonchev–Trinajstić information content (AvgIpc) is 2.62. The molecule has 0 radical (unpaired) electrons. The van der Waals surface area contributed by atoms with Gasteiger partial charge in [-0.25, -0.2) is 0 Å². The number of carbonyl (C=O) groups excluding carboxylic acids is 2. The fourth-order valence-corrected chi connectivity index (χ4v) is 2.40. The Bertz CT molecular complexity index is 311. The molecule has 90 valence electrons. The van der Waals surface area contributed by atoms with Crippen molar-refractivity contribution in [3.63, 3.8) is 0 Å². The topological polar surface area (TPSA) is 55.8 Å². The van der Waals surface area contributed by atoms with E-state index in [1.54, 1.807) is 0 Å². The fraction of sp³-hybridized carbons (Fsp3) is 0.818. The van der Waals surface area contributed by atoms with Crippen molar-refractivity contribution in [1.29, 1.82) is 0 Å². The zero-order valence-electron chi connectivity index (χ0n) is 9.69. The van der Waals surface area contributed by atoms with Crippen LogP contribution in [-0.4, -0.2) is 57.1 Å². The van der Waals surface area contributed by atoms with Crippen LogP contribution < -0.4 is 0 Å². The molecule has 2 aliphatic heterocycles. The Balaban J connectivity index is 2.10. The highest BCUT2D eigenvalue weighted by Crippen LogP contribution is 2.35. The van der Waals surface area contributed by atoms with Crippen LogP contribution in [0.5, 0.6) is 0 Å². The molecule has 0 spiro atoms. The summed E-state index contributed by atoms with van der Waals surface area (Å²) in [5.74, 6) is -0.499. The van der Waals surface area contributed by atoms with Crippen molar-refractivity contribution < 1.29 is 19.1 Å². The van der Waals surface area contributed by atoms with Crippen molar-refractivity contribution in [1.82, 2.24) is 4.90 Å². The number of esters is 1. The minimum Gasteiger partial charge on any atom is -0.468 e. The second kappa shape index (κ2) is 4.14. The zero-order chi connectivity index (χ0) is 11.8. The van der Waals surface area contributed by atoms with Crippen LogP contribution in [0.3, 0.4) is 0 Å². The first-order valence-corrected chi connectivity index (χ1v) is 5.49. The largest absolute Gasteiger partial charge is 0.468 e. The van der Waals surface area contributed by atoms with E-state index in [1.807, 2.05) is 7.05 Å². The maximum atomic E-state index is 12.3. The highest BCUT2D eigenvalue weighted by Gasteiger charge is 2.55. The number of carbonyl (C=O) groups is 2. The second-order valence-corrected chi connectivity index (χ2v) is 4.68. The predicted molar refractivity (Wildman–Crippen MR) is 55.9 cm³/mol. The number of hydrogen-bond donors (Lipinski definition) is 0. The molecule has 2 fully saturated rings. The Labute approximate surface area is 94.7 Å². The van der Waals surface area contributed by atoms with Gasteiger partial charge >= 0.3 is 5.97 Å². The number of Topliss-reactive ketones (excluding diaryl/α,β-unsaturated/α-hetero) is 1. The molecule has 2 aliphatic rings. The number of hydrogen-bond acceptors (Lipinski definition) is 5. The van der Waals surface area contributed by atoms with Crippen molar-refractivity contribution in [2.24, 2.45) is 11.3 Å². The first-order valence-electron chi connectivity index (χ1n) is 5.49. The summed E-state index contributed by atoms with van der Waals surface area (Å²) in [4.78, 5) is 26.1. The van der Waals surface area contributed by atoms with Gasteiger partial charge in [-0.2, -0.15) is 0 Å². The van der Waals surface area contributed by atoms with Gasteiger partial charge in [-0.05, 0) is 20.0 Å². The van der Waals surface area contributed by atoms with E-state index in [4.69, 9.17) is 9.47 Å². The summed E-state index contributed by atoms with van der Waals surface area (Å²) in [5.41, 5.74) is -1.01. The van der Waals surface area contributed by atoms with Crippen LogP contribution in [0.25, 0.3) is 0 Å². The molecule has 0 aromatic heterocycles. The summed E-state index contributed by atoms with van der Waals surface area (Å²) < 4.78 is 9.75. The smallest absolute Gasteiger partial charge is 0.324 e. The number of likely N-dealkylation sites (tertiary alicyclic amines) is 1. The lowest BCUT2D eigenvalue weighted by Gasteiger charge is -2.38. The normalized spacial score (nSPS) is 28.5. The maximum absolute atomic E-state index is 12.3. The molecule has 0 N–H and O–H groups in total. The maximum Gasteiger partial charge on any atom is 0.324 e. The van der Waals surface area contributed by atoms with Crippen LogP contribution >= 0.6 is 0 Å². The number of ether oxygens (including phenoxy) is 2. The standard InChI is InChI=1S/C11H17NO4/c1-12-4-3-8(5-12)9(13)11(6-16-7-11)10(14)15-2/h8H,3-7H2,1-2H3. The van der Waals surface area contributed by atoms with Crippen LogP contribution in [0, 0.1) is 11.3 Å². The Morgan fingerprint density at radius 3 is 2.50 bits per heavy atom. The van der Waals surface area contributed by atoms with Gasteiger partial charge in [0.25, 0.3) is 0 Å². The van der Waals surface area contributed by atoms with Gasteiger partial charge in [0, 0.05) is 12.5 Å². The Hall–Kier alpha value is -0.940. The first kappa shape index (κ1) is 11.5. The molecule has 0 aromatic carbocycles. The van der Waals surface area contributed by atoms with Crippen LogP contribution in [0.15, 0.2) is 0 Å². The van der Waals surface area contributed by atoms with Gasteiger partial charge < -0.3 is 14.4 Å². The lowest BCUT2D eigenvalue weighted by Crippen LogP contribution is -2.57. The third kappa shape index (κ3) is 1.64. The van der Waals surface area contributed by atoms with Crippen LogP contribution in [0.4, 0.5) is 0 Å². The van der Waals surface area contributed by atoms with Gasteiger partial charge in [-0.15, -0.1) is 0 Å². The second-order valence-electron chi connectivity index (χ2n) is 4.68. The van der Waals surface area contributed by atoms with E-state index in [-0.39, 0.29) is 24.9 Å². The molecule has 1 atom stereocenters. The minimum absolute atomic E-state index is 0.00468. The Kier molecular flexibility index (Phi) is 2.99. The van der Waals surface area contributed by atoms with E-state index >= 15 is 0 Å². The molecular formula is C11H17NO4. The van der Waals surface area contributed by atoms with Gasteiger partial charge in [-0.3, -0.25) is 9.59 Å². The predicted octanol–water partition coefficient (Wildman–Crippen LogP) is -0.303. The summed E-state index contributed by atoms with van der Waals surface area (Å²) >= 11 is 0. The summed E-state index contributed by atoms with van der Waals surface area (Å²) in [6, 6.07) is 0. The first-order chi connectivity index (χ1) is 7.60. The van der Waals surface area contributed by atoms with E-state index < -0.39 is 11.4 Å². The van der Waals surface area contributed by atoms with Crippen LogP contribution in [-0.2, 0) is 19.1 Å². The molecule has 0 saturated carbocycles. The molecule has 2 saturated heterocycles. The zero-order valence-corrected chi connectivity index (χ0v) is 9.69. The van der Waals surface area contributed by atoms with Gasteiger partial charge in [0.15, 0.2) is 11.2 Å². The Morgan fingerprint density at radius 2 is 2.12 bits per heavy atom. The molecule has 5 heteroatoms. The van der Waals surface area contributed by atoms with Gasteiger partial charge in [0.2, 0.25) is 0 Å². The molecular weight excluding hydrogens is 210 g/mol. The lowest BCUT2D eigenvalue weighted by molar-refractivity contribution is -0.188. The number of methoxy groups -OCH3 is 1. The molecule has 2 heterocycles. The fourth-order valence-electron chi connectivity index (χ4n) is 2.40. The number of rotatable bonds is 3. The summed E-state index contributed by atoms with van der Waals surface area (Å²) in [7, 11) is 3.30. The third-order valence-electron chi connectivity index (χ3n) is 3.51. The minimum atomic E-state index is -1.01. The van der Waals surface area contributed by atoms with Crippen LogP contribution in [0.2, 0.25) is 0 Å². The quantitative estimate of drug-likeness (QED) is 0.489. The van der Waals surface area contributed by atoms with Crippen molar-refractivity contribution in [2.45, 2.75) is 6.42 Å². The highest BCUT2D eigenvalue weighted by atomic mass is 16.5. The monoisotopic (exact) mass is 227 g/mol. The van der Waals surface area contributed by atoms with Crippen molar-refractivity contribution in [3.05, 3.63) is 0 Å². The van der Waals surface area contributed by atoms with E-state index in [0.717, 1.165) is 19.5 Å². The number of nitrogens with zero attached hydrogens (tertiary/aromatic N) is 1. The average molecular weight is 227 g/mol. The van der Waals surface area contributed by atoms with Gasteiger partial charge in [-0.1, -0.05) is 0 Å². The molecule has 0 aliphatic carbocycles. The van der Waals surface area contributed by atoms with Crippen molar-refractivity contribution >= 4 is 11.8 Å². The molecule has 0 amide bonds. The molecule has 0 aromatic rings. The van der Waals surface area contributed by atoms with E-state index in [9.17, 15) is 9.59 Å². The lowest BCUT2D eigenvalue weighted by atomic mass is 9.76. The van der Waals surface area contributed by atoms with E-state index in [0.29, 0.717) is 0 Å². The van der Waals surface area contributed by atoms with Crippen molar-refractivity contribution in [3.8, 4) is 0 Å². The number of ketones is 1. The summed E-state index contributed by atoms with van der Waals surface area (Å²) in [6.45, 7) is 2.00. The summed E-state index contributed by atoms with van der Waals surface area (Å²) in [6.07, 6.45) is 0.827. The Morgan fingerprint density at radius 1 is 1.44 bits per heavy atom. The molecule has 1 unspecified atom stereocenters. The molecule has 16 heavy (non-hydrogen) atoms. The van der Waals surface area contributed by atoms with Gasteiger partial charge in [0.05, 0.1) is 20.3 Å². The molecule has 5 nitrogen and oxygen atoms in total.